The lowest BCUT2D eigenvalue weighted by atomic mass is 10.0. The molecule has 1 fully saturated rings. The van der Waals surface area contributed by atoms with E-state index in [4.69, 9.17) is 4.74 Å². The molecular formula is C26H28N4O. The Labute approximate surface area is 183 Å². The number of rotatable bonds is 5. The molecule has 0 amide bonds. The Bertz CT molecular complexity index is 1170. The number of pyridine rings is 1. The van der Waals surface area contributed by atoms with E-state index in [1.807, 2.05) is 30.6 Å². The summed E-state index contributed by atoms with van der Waals surface area (Å²) in [5, 5.41) is 1.10. The second-order valence-electron chi connectivity index (χ2n) is 8.30. The minimum Gasteiger partial charge on any atom is -0.496 e. The molecule has 1 saturated heterocycles. The van der Waals surface area contributed by atoms with Crippen LogP contribution in [0, 0.1) is 0 Å². The highest BCUT2D eigenvalue weighted by Gasteiger charge is 2.15. The van der Waals surface area contributed by atoms with Crippen molar-refractivity contribution in [2.75, 3.05) is 40.3 Å². The maximum absolute atomic E-state index is 5.57. The number of aromatic amines is 1. The number of hydrogen-bond donors (Lipinski definition) is 1. The Morgan fingerprint density at radius 1 is 0.935 bits per heavy atom. The molecule has 0 saturated carbocycles. The van der Waals surface area contributed by atoms with Crippen LogP contribution in [0.25, 0.3) is 33.3 Å². The van der Waals surface area contributed by atoms with Gasteiger partial charge in [-0.15, -0.1) is 0 Å². The predicted molar refractivity (Wildman–Crippen MR) is 126 cm³/mol. The third kappa shape index (κ3) is 4.07. The average molecular weight is 413 g/mol. The number of para-hydroxylation sites is 1. The number of ether oxygens (including phenoxy) is 1. The maximum atomic E-state index is 5.57. The van der Waals surface area contributed by atoms with Gasteiger partial charge in [0.15, 0.2) is 0 Å². The van der Waals surface area contributed by atoms with E-state index in [1.54, 1.807) is 7.11 Å². The number of benzene rings is 2. The van der Waals surface area contributed by atoms with E-state index in [0.717, 1.165) is 66.2 Å². The van der Waals surface area contributed by atoms with Crippen molar-refractivity contribution in [2.24, 2.45) is 0 Å². The molecule has 0 bridgehead atoms. The lowest BCUT2D eigenvalue weighted by Gasteiger charge is -2.32. The van der Waals surface area contributed by atoms with Crippen LogP contribution in [-0.2, 0) is 6.54 Å². The average Bonchev–Trinajstić information content (AvgIpc) is 3.24. The number of likely N-dealkylation sites (N-methyl/N-ethyl adjacent to an activating group) is 1. The van der Waals surface area contributed by atoms with Gasteiger partial charge in [-0.1, -0.05) is 42.5 Å². The predicted octanol–water partition coefficient (Wildman–Crippen LogP) is 4.65. The van der Waals surface area contributed by atoms with Crippen molar-refractivity contribution in [1.29, 1.82) is 0 Å². The fourth-order valence-electron chi connectivity index (χ4n) is 4.32. The van der Waals surface area contributed by atoms with E-state index in [2.05, 4.69) is 63.2 Å². The lowest BCUT2D eigenvalue weighted by molar-refractivity contribution is 0.148. The first-order chi connectivity index (χ1) is 15.2. The Hall–Kier alpha value is -3.15. The smallest absolute Gasteiger partial charge is 0.137 e. The Kier molecular flexibility index (Phi) is 5.45. The van der Waals surface area contributed by atoms with Crippen LogP contribution in [0.5, 0.6) is 5.75 Å². The summed E-state index contributed by atoms with van der Waals surface area (Å²) in [6.45, 7) is 5.58. The van der Waals surface area contributed by atoms with Crippen molar-refractivity contribution in [3.63, 3.8) is 0 Å². The van der Waals surface area contributed by atoms with Gasteiger partial charge in [0, 0.05) is 67.2 Å². The van der Waals surface area contributed by atoms with Gasteiger partial charge in [0.1, 0.15) is 11.4 Å². The summed E-state index contributed by atoms with van der Waals surface area (Å²) in [6, 6.07) is 19.2. The first-order valence-electron chi connectivity index (χ1n) is 10.8. The number of fused-ring (bicyclic) bond motifs is 1. The zero-order chi connectivity index (χ0) is 21.2. The fraction of sp³-hybridized carbons (Fsp3) is 0.269. The summed E-state index contributed by atoms with van der Waals surface area (Å²) < 4.78 is 5.57. The zero-order valence-corrected chi connectivity index (χ0v) is 18.1. The van der Waals surface area contributed by atoms with Crippen molar-refractivity contribution >= 4 is 11.0 Å². The highest BCUT2D eigenvalue weighted by atomic mass is 16.5. The molecule has 2 aromatic heterocycles. The van der Waals surface area contributed by atoms with Crippen LogP contribution < -0.4 is 4.74 Å². The van der Waals surface area contributed by atoms with Gasteiger partial charge < -0.3 is 14.6 Å². The molecule has 0 spiro atoms. The Morgan fingerprint density at radius 2 is 1.71 bits per heavy atom. The fourth-order valence-corrected chi connectivity index (χ4v) is 4.32. The molecule has 5 heteroatoms. The molecule has 5 rings (SSSR count). The molecule has 5 nitrogen and oxygen atoms in total. The molecular weight excluding hydrogens is 384 g/mol. The molecule has 0 aliphatic carbocycles. The molecule has 4 aromatic rings. The minimum absolute atomic E-state index is 0.863. The van der Waals surface area contributed by atoms with Crippen LogP contribution in [0.3, 0.4) is 0 Å². The molecule has 0 atom stereocenters. The van der Waals surface area contributed by atoms with Crippen molar-refractivity contribution in [3.8, 4) is 28.0 Å². The lowest BCUT2D eigenvalue weighted by Crippen LogP contribution is -2.43. The van der Waals surface area contributed by atoms with E-state index in [0.29, 0.717) is 0 Å². The zero-order valence-electron chi connectivity index (χ0n) is 18.1. The van der Waals surface area contributed by atoms with Gasteiger partial charge >= 0.3 is 0 Å². The maximum Gasteiger partial charge on any atom is 0.137 e. The highest BCUT2D eigenvalue weighted by Crippen LogP contribution is 2.36. The van der Waals surface area contributed by atoms with Gasteiger partial charge in [0.05, 0.1) is 7.11 Å². The first-order valence-corrected chi connectivity index (χ1v) is 10.8. The molecule has 2 aromatic carbocycles. The molecule has 1 aliphatic rings. The number of piperazine rings is 1. The second kappa shape index (κ2) is 8.53. The number of methoxy groups -OCH3 is 1. The summed E-state index contributed by atoms with van der Waals surface area (Å²) in [5.74, 6) is 0.863. The van der Waals surface area contributed by atoms with Crippen LogP contribution in [0.4, 0.5) is 0 Å². The summed E-state index contributed by atoms with van der Waals surface area (Å²) in [5.41, 5.74) is 6.72. The number of nitrogens with one attached hydrogen (secondary N) is 1. The summed E-state index contributed by atoms with van der Waals surface area (Å²) in [7, 11) is 3.90. The third-order valence-corrected chi connectivity index (χ3v) is 6.22. The summed E-state index contributed by atoms with van der Waals surface area (Å²) in [4.78, 5) is 12.9. The molecule has 3 heterocycles. The van der Waals surface area contributed by atoms with Gasteiger partial charge in [-0.3, -0.25) is 4.90 Å². The molecule has 31 heavy (non-hydrogen) atoms. The van der Waals surface area contributed by atoms with Crippen LogP contribution in [0.15, 0.2) is 67.0 Å². The van der Waals surface area contributed by atoms with Crippen molar-refractivity contribution < 1.29 is 4.74 Å². The van der Waals surface area contributed by atoms with Crippen LogP contribution in [0.1, 0.15) is 5.56 Å². The third-order valence-electron chi connectivity index (χ3n) is 6.22. The monoisotopic (exact) mass is 412 g/mol. The normalized spacial score (nSPS) is 15.4. The van der Waals surface area contributed by atoms with Crippen LogP contribution in [0.2, 0.25) is 0 Å². The highest BCUT2D eigenvalue weighted by molar-refractivity contribution is 5.97. The number of hydrogen-bond acceptors (Lipinski definition) is 4. The topological polar surface area (TPSA) is 44.4 Å². The molecule has 158 valence electrons. The number of H-pyrrole nitrogens is 1. The van der Waals surface area contributed by atoms with Gasteiger partial charge in [0.2, 0.25) is 0 Å². The first kappa shape index (κ1) is 19.8. The Morgan fingerprint density at radius 3 is 2.48 bits per heavy atom. The SMILES string of the molecule is COc1ccccc1-c1c[nH]c2ncc(-c3ccc(CN4CCN(C)CC4)cc3)cc12. The second-order valence-corrected chi connectivity index (χ2v) is 8.30. The minimum atomic E-state index is 0.863. The Balaban J connectivity index is 1.41. The standard InChI is InChI=1S/C26H28N4O/c1-29-11-13-30(14-12-29)18-19-7-9-20(10-8-19)21-15-23-24(17-28-26(23)27-16-21)22-5-3-4-6-25(22)31-2/h3-10,15-17H,11-14,18H2,1-2H3,(H,27,28). The largest absolute Gasteiger partial charge is 0.496 e. The molecule has 1 aliphatic heterocycles. The molecule has 0 radical (unpaired) electrons. The van der Waals surface area contributed by atoms with Crippen molar-refractivity contribution in [3.05, 3.63) is 72.6 Å². The molecule has 0 unspecified atom stereocenters. The van der Waals surface area contributed by atoms with E-state index >= 15 is 0 Å². The van der Waals surface area contributed by atoms with Gasteiger partial charge in [-0.2, -0.15) is 0 Å². The van der Waals surface area contributed by atoms with E-state index < -0.39 is 0 Å². The quantitative estimate of drug-likeness (QED) is 0.518. The number of nitrogens with zero attached hydrogens (tertiary/aromatic N) is 3. The van der Waals surface area contributed by atoms with Crippen molar-refractivity contribution in [2.45, 2.75) is 6.54 Å². The summed E-state index contributed by atoms with van der Waals surface area (Å²) >= 11 is 0. The van der Waals surface area contributed by atoms with Crippen LogP contribution in [-0.4, -0.2) is 60.1 Å². The van der Waals surface area contributed by atoms with E-state index in [-0.39, 0.29) is 0 Å². The number of aromatic nitrogens is 2. The molecule has 1 N–H and O–H groups in total. The summed E-state index contributed by atoms with van der Waals surface area (Å²) in [6.07, 6.45) is 3.96. The van der Waals surface area contributed by atoms with Crippen LogP contribution >= 0.6 is 0 Å². The van der Waals surface area contributed by atoms with Gasteiger partial charge in [-0.05, 0) is 30.3 Å². The van der Waals surface area contributed by atoms with Gasteiger partial charge in [0.25, 0.3) is 0 Å². The van der Waals surface area contributed by atoms with Crippen molar-refractivity contribution in [1.82, 2.24) is 19.8 Å². The van der Waals surface area contributed by atoms with E-state index in [9.17, 15) is 0 Å². The van der Waals surface area contributed by atoms with Gasteiger partial charge in [-0.25, -0.2) is 4.98 Å². The van der Waals surface area contributed by atoms with E-state index in [1.165, 1.54) is 11.1 Å².